The number of nitrogens with zero attached hydrogens (tertiary/aromatic N) is 1. The minimum Gasteiger partial charge on any atom is -0.319 e. The van der Waals surface area contributed by atoms with Crippen LogP contribution in [0.1, 0.15) is 30.1 Å². The van der Waals surface area contributed by atoms with Gasteiger partial charge in [0.2, 0.25) is 0 Å². The molecular formula is C15H16N2O. The van der Waals surface area contributed by atoms with Gasteiger partial charge in [0.15, 0.2) is 5.78 Å². The molecule has 1 heterocycles. The third-order valence-corrected chi connectivity index (χ3v) is 3.84. The van der Waals surface area contributed by atoms with E-state index in [4.69, 9.17) is 5.73 Å². The lowest BCUT2D eigenvalue weighted by atomic mass is 9.86. The molecule has 0 saturated heterocycles. The van der Waals surface area contributed by atoms with E-state index in [0.29, 0.717) is 11.5 Å². The number of hydrogen-bond acceptors (Lipinski definition) is 3. The van der Waals surface area contributed by atoms with Crippen molar-refractivity contribution in [2.45, 2.75) is 25.3 Å². The number of benzene rings is 1. The average Bonchev–Trinajstić information content (AvgIpc) is 3.22. The van der Waals surface area contributed by atoms with Gasteiger partial charge in [0.05, 0.1) is 5.54 Å². The molecule has 0 radical (unpaired) electrons. The predicted octanol–water partition coefficient (Wildman–Crippen LogP) is 2.54. The van der Waals surface area contributed by atoms with E-state index in [0.717, 1.165) is 23.6 Å². The van der Waals surface area contributed by atoms with E-state index in [1.807, 2.05) is 31.2 Å². The van der Waals surface area contributed by atoms with Gasteiger partial charge in [-0.15, -0.1) is 0 Å². The first-order valence-electron chi connectivity index (χ1n) is 6.27. The zero-order valence-electron chi connectivity index (χ0n) is 10.4. The average molecular weight is 240 g/mol. The molecule has 0 aliphatic heterocycles. The lowest BCUT2D eigenvalue weighted by molar-refractivity contribution is 0.0885. The summed E-state index contributed by atoms with van der Waals surface area (Å²) in [5, 5.41) is 1.92. The fourth-order valence-electron chi connectivity index (χ4n) is 2.48. The molecule has 0 bridgehead atoms. The fourth-order valence-corrected chi connectivity index (χ4v) is 2.48. The number of Topliss-reactive ketones (excluding diaryl/α,β-unsaturated/α-hetero) is 1. The molecule has 3 rings (SSSR count). The topological polar surface area (TPSA) is 56.0 Å². The molecule has 3 heteroatoms. The summed E-state index contributed by atoms with van der Waals surface area (Å²) in [6.45, 7) is 1.85. The minimum absolute atomic E-state index is 0.0433. The summed E-state index contributed by atoms with van der Waals surface area (Å²) in [5.74, 6) is 0.379. The van der Waals surface area contributed by atoms with Crippen molar-refractivity contribution in [3.63, 3.8) is 0 Å². The van der Waals surface area contributed by atoms with Gasteiger partial charge in [-0.1, -0.05) is 18.2 Å². The number of rotatable bonds is 3. The molecule has 3 nitrogen and oxygen atoms in total. The molecule has 18 heavy (non-hydrogen) atoms. The van der Waals surface area contributed by atoms with E-state index in [1.165, 1.54) is 0 Å². The standard InChI is InChI=1S/C15H16N2O/c1-15(16,11-5-6-11)14(18)13-4-2-3-10-9-17-8-7-12(10)13/h2-4,7-9,11H,5-6,16H2,1H3. The van der Waals surface area contributed by atoms with E-state index in [2.05, 4.69) is 4.98 Å². The first-order valence-corrected chi connectivity index (χ1v) is 6.27. The Hall–Kier alpha value is -1.74. The van der Waals surface area contributed by atoms with E-state index >= 15 is 0 Å². The molecule has 92 valence electrons. The number of aromatic nitrogens is 1. The summed E-state index contributed by atoms with van der Waals surface area (Å²) in [7, 11) is 0. The molecule has 1 unspecified atom stereocenters. The van der Waals surface area contributed by atoms with Gasteiger partial charge in [-0.25, -0.2) is 0 Å². The first-order chi connectivity index (χ1) is 8.60. The Morgan fingerprint density at radius 1 is 1.39 bits per heavy atom. The lowest BCUT2D eigenvalue weighted by Crippen LogP contribution is -2.47. The molecule has 1 aliphatic rings. The molecule has 2 aromatic rings. The Bertz CT molecular complexity index is 609. The Morgan fingerprint density at radius 2 is 2.17 bits per heavy atom. The second-order valence-electron chi connectivity index (χ2n) is 5.29. The Balaban J connectivity index is 2.11. The minimum atomic E-state index is -0.739. The summed E-state index contributed by atoms with van der Waals surface area (Å²) in [6, 6.07) is 7.59. The van der Waals surface area contributed by atoms with Crippen molar-refractivity contribution in [1.82, 2.24) is 4.98 Å². The summed E-state index contributed by atoms with van der Waals surface area (Å²) < 4.78 is 0. The number of nitrogens with two attached hydrogens (primary N) is 1. The molecule has 2 N–H and O–H groups in total. The second kappa shape index (κ2) is 3.89. The quantitative estimate of drug-likeness (QED) is 0.839. The molecule has 0 amide bonds. The Morgan fingerprint density at radius 3 is 2.89 bits per heavy atom. The van der Waals surface area contributed by atoms with Crippen LogP contribution >= 0.6 is 0 Å². The van der Waals surface area contributed by atoms with Crippen molar-refractivity contribution < 1.29 is 4.79 Å². The predicted molar refractivity (Wildman–Crippen MR) is 71.4 cm³/mol. The van der Waals surface area contributed by atoms with Gasteiger partial charge in [-0.05, 0) is 37.1 Å². The van der Waals surface area contributed by atoms with Gasteiger partial charge in [-0.2, -0.15) is 0 Å². The SMILES string of the molecule is CC(N)(C(=O)c1cccc2cnccc12)C1CC1. The van der Waals surface area contributed by atoms with Crippen LogP contribution in [0.25, 0.3) is 10.8 Å². The molecule has 1 atom stereocenters. The summed E-state index contributed by atoms with van der Waals surface area (Å²) in [5.41, 5.74) is 6.20. The summed E-state index contributed by atoms with van der Waals surface area (Å²) in [6.07, 6.45) is 5.61. The lowest BCUT2D eigenvalue weighted by Gasteiger charge is -2.23. The van der Waals surface area contributed by atoms with E-state index in [9.17, 15) is 4.79 Å². The van der Waals surface area contributed by atoms with Crippen LogP contribution in [-0.2, 0) is 0 Å². The number of pyridine rings is 1. The molecule has 1 aromatic carbocycles. The van der Waals surface area contributed by atoms with Crippen LogP contribution in [0.2, 0.25) is 0 Å². The molecule has 0 spiro atoms. The molecule has 1 aromatic heterocycles. The number of carbonyl (C=O) groups excluding carboxylic acids is 1. The van der Waals surface area contributed by atoms with Crippen molar-refractivity contribution in [2.24, 2.45) is 11.7 Å². The van der Waals surface area contributed by atoms with E-state index in [1.54, 1.807) is 12.4 Å². The van der Waals surface area contributed by atoms with Crippen LogP contribution in [0.15, 0.2) is 36.7 Å². The van der Waals surface area contributed by atoms with Gasteiger partial charge in [-0.3, -0.25) is 9.78 Å². The monoisotopic (exact) mass is 240 g/mol. The van der Waals surface area contributed by atoms with Crippen molar-refractivity contribution in [2.75, 3.05) is 0 Å². The third-order valence-electron chi connectivity index (χ3n) is 3.84. The number of hydrogen-bond donors (Lipinski definition) is 1. The highest BCUT2D eigenvalue weighted by Crippen LogP contribution is 2.40. The van der Waals surface area contributed by atoms with Crippen LogP contribution < -0.4 is 5.73 Å². The molecular weight excluding hydrogens is 224 g/mol. The largest absolute Gasteiger partial charge is 0.319 e. The Kier molecular flexibility index (Phi) is 2.45. The van der Waals surface area contributed by atoms with Gasteiger partial charge in [0.1, 0.15) is 0 Å². The maximum absolute atomic E-state index is 12.6. The third kappa shape index (κ3) is 1.71. The van der Waals surface area contributed by atoms with Gasteiger partial charge >= 0.3 is 0 Å². The van der Waals surface area contributed by atoms with Crippen LogP contribution in [0, 0.1) is 5.92 Å². The van der Waals surface area contributed by atoms with Gasteiger partial charge in [0, 0.05) is 23.3 Å². The second-order valence-corrected chi connectivity index (χ2v) is 5.29. The van der Waals surface area contributed by atoms with Crippen molar-refractivity contribution >= 4 is 16.6 Å². The highest BCUT2D eigenvalue weighted by Gasteiger charge is 2.44. The van der Waals surface area contributed by atoms with Crippen molar-refractivity contribution in [3.05, 3.63) is 42.2 Å². The van der Waals surface area contributed by atoms with Gasteiger partial charge in [0.25, 0.3) is 0 Å². The first kappa shape index (κ1) is 11.4. The number of ketones is 1. The van der Waals surface area contributed by atoms with E-state index in [-0.39, 0.29) is 5.78 Å². The van der Waals surface area contributed by atoms with Gasteiger partial charge < -0.3 is 5.73 Å². The summed E-state index contributed by atoms with van der Waals surface area (Å²) in [4.78, 5) is 16.7. The zero-order valence-corrected chi connectivity index (χ0v) is 10.4. The van der Waals surface area contributed by atoms with Crippen molar-refractivity contribution in [1.29, 1.82) is 0 Å². The molecule has 1 aliphatic carbocycles. The van der Waals surface area contributed by atoms with Crippen LogP contribution in [0.4, 0.5) is 0 Å². The highest BCUT2D eigenvalue weighted by atomic mass is 16.1. The maximum Gasteiger partial charge on any atom is 0.183 e. The smallest absolute Gasteiger partial charge is 0.183 e. The van der Waals surface area contributed by atoms with E-state index < -0.39 is 5.54 Å². The zero-order chi connectivity index (χ0) is 12.8. The van der Waals surface area contributed by atoms with Crippen LogP contribution in [0.5, 0.6) is 0 Å². The number of carbonyl (C=O) groups is 1. The normalized spacial score (nSPS) is 18.6. The van der Waals surface area contributed by atoms with Crippen molar-refractivity contribution in [3.8, 4) is 0 Å². The number of fused-ring (bicyclic) bond motifs is 1. The molecule has 1 saturated carbocycles. The summed E-state index contributed by atoms with van der Waals surface area (Å²) >= 11 is 0. The highest BCUT2D eigenvalue weighted by molar-refractivity contribution is 6.12. The maximum atomic E-state index is 12.6. The van der Waals surface area contributed by atoms with Crippen LogP contribution in [-0.4, -0.2) is 16.3 Å². The molecule has 1 fully saturated rings. The van der Waals surface area contributed by atoms with Crippen LogP contribution in [0.3, 0.4) is 0 Å². The fraction of sp³-hybridized carbons (Fsp3) is 0.333. The Labute approximate surface area is 106 Å².